The van der Waals surface area contributed by atoms with Gasteiger partial charge in [-0.2, -0.15) is 33.7 Å². The quantitative estimate of drug-likeness (QED) is 0.0752. The molecule has 5 rings (SSSR count). The van der Waals surface area contributed by atoms with Crippen molar-refractivity contribution in [3.05, 3.63) is 54.1 Å². The van der Waals surface area contributed by atoms with Crippen molar-refractivity contribution >= 4 is 62.9 Å². The van der Waals surface area contributed by atoms with Gasteiger partial charge in [0.15, 0.2) is 0 Å². The van der Waals surface area contributed by atoms with Gasteiger partial charge in [-0.25, -0.2) is 4.98 Å². The van der Waals surface area contributed by atoms with Crippen LogP contribution in [0, 0.1) is 0 Å². The third-order valence-electron chi connectivity index (χ3n) is 5.86. The molecule has 0 fully saturated rings. The van der Waals surface area contributed by atoms with E-state index in [2.05, 4.69) is 20.6 Å². The van der Waals surface area contributed by atoms with Crippen LogP contribution >= 0.6 is 0 Å². The van der Waals surface area contributed by atoms with Gasteiger partial charge in [0, 0.05) is 5.56 Å². The maximum Gasteiger partial charge on any atom is 1.00 e. The Bertz CT molecular complexity index is 2170. The van der Waals surface area contributed by atoms with Crippen LogP contribution in [0.15, 0.2) is 68.1 Å². The van der Waals surface area contributed by atoms with Gasteiger partial charge >= 0.3 is 59.1 Å². The molecule has 3 aromatic carbocycles. The number of H-pyrrole nitrogens is 1. The number of rotatable bonds is 6. The van der Waals surface area contributed by atoms with Crippen LogP contribution in [-0.2, 0) is 40.5 Å². The van der Waals surface area contributed by atoms with Gasteiger partial charge in [-0.15, -0.1) is 0 Å². The zero-order valence-corrected chi connectivity index (χ0v) is 28.6. The number of nitrogens with zero attached hydrogens (tertiary/aromatic N) is 1. The Hall–Kier alpha value is -1.63. The Morgan fingerprint density at radius 3 is 1.69 bits per heavy atom. The van der Waals surface area contributed by atoms with Gasteiger partial charge < -0.3 is 15.6 Å². The van der Waals surface area contributed by atoms with Gasteiger partial charge in [-0.3, -0.25) is 18.2 Å². The summed E-state index contributed by atoms with van der Waals surface area (Å²) in [5.41, 5.74) is 0.227. The second kappa shape index (κ2) is 11.7. The summed E-state index contributed by atoms with van der Waals surface area (Å²) >= 11 is 0. The maximum absolute atomic E-state index is 11.9. The average molecular weight is 679 g/mol. The van der Waals surface area contributed by atoms with Crippen molar-refractivity contribution in [2.75, 3.05) is 10.6 Å². The second-order valence-corrected chi connectivity index (χ2v) is 14.1. The van der Waals surface area contributed by atoms with E-state index in [4.69, 9.17) is 0 Å². The van der Waals surface area contributed by atoms with Crippen LogP contribution in [0.4, 0.5) is 11.4 Å². The summed E-state index contributed by atoms with van der Waals surface area (Å²) in [5, 5.41) is 5.64. The van der Waals surface area contributed by atoms with Crippen LogP contribution in [0.5, 0.6) is 0 Å². The first-order valence-electron chi connectivity index (χ1n) is 10.6. The summed E-state index contributed by atoms with van der Waals surface area (Å²) < 4.78 is 131. The van der Waals surface area contributed by atoms with E-state index in [1.165, 1.54) is 24.3 Å². The van der Waals surface area contributed by atoms with Crippen molar-refractivity contribution in [2.45, 2.75) is 25.7 Å². The topological polar surface area (TPSA) is 270 Å². The van der Waals surface area contributed by atoms with Crippen LogP contribution in [-0.4, -0.2) is 61.9 Å². The number of hydrogen-bond donors (Lipinski definition) is 7. The van der Waals surface area contributed by atoms with E-state index in [0.29, 0.717) is 23.3 Å². The van der Waals surface area contributed by atoms with Crippen LogP contribution in [0.3, 0.4) is 0 Å². The predicted octanol–water partition coefficient (Wildman–Crippen LogP) is -4.24. The van der Waals surface area contributed by atoms with Gasteiger partial charge in [-0.1, -0.05) is 24.3 Å². The molecule has 4 aromatic rings. The zero-order valence-electron chi connectivity index (χ0n) is 21.3. The SMILES string of the molecule is O=S(=O)(O)c1cc2c(c(S(=O)(=O)O)c1)NC(c1ccc(-c3nc4c(S(=O)(=O)O)cc(S(=O)(=O)O)cc4[nH]3)cc1)N2.[Na+].[Na+]. The van der Waals surface area contributed by atoms with Crippen molar-refractivity contribution < 1.29 is 111 Å². The molecule has 2 heterocycles. The van der Waals surface area contributed by atoms with Crippen LogP contribution in [0.25, 0.3) is 22.4 Å². The number of imidazole rings is 1. The molecular formula is C20H16N4Na2O12S4+2. The molecule has 0 spiro atoms. The van der Waals surface area contributed by atoms with Crippen molar-refractivity contribution in [1.29, 1.82) is 0 Å². The summed E-state index contributed by atoms with van der Waals surface area (Å²) in [6.45, 7) is 0. The molecule has 0 radical (unpaired) electrons. The molecule has 0 saturated carbocycles. The molecule has 0 amide bonds. The van der Waals surface area contributed by atoms with Crippen LogP contribution in [0.1, 0.15) is 11.7 Å². The molecule has 42 heavy (non-hydrogen) atoms. The number of anilines is 2. The van der Waals surface area contributed by atoms with Crippen LogP contribution in [0.2, 0.25) is 0 Å². The molecule has 22 heteroatoms. The molecule has 1 unspecified atom stereocenters. The molecule has 1 atom stereocenters. The Morgan fingerprint density at radius 2 is 1.17 bits per heavy atom. The molecular weight excluding hydrogens is 662 g/mol. The van der Waals surface area contributed by atoms with E-state index in [1.807, 2.05) is 0 Å². The van der Waals surface area contributed by atoms with E-state index in [9.17, 15) is 51.9 Å². The standard InChI is InChI=1S/C20H16N4O12S4.2Na/c25-37(26,27)11-5-13-17(15(7-11)39(31,32)33)23-19(21-13)9-1-2-10(4-3-9)20-22-14-6-12(38(28,29)30)8-16(18(14)24-20)40(34,35)36;;/h1-8,19,21,23H,(H,22,24)(H,25,26,27)(H,28,29,30)(H,31,32,33)(H,34,35,36);;/q;2*+1. The number of benzene rings is 3. The molecule has 1 aliphatic heterocycles. The monoisotopic (exact) mass is 678 g/mol. The first-order chi connectivity index (χ1) is 18.3. The normalized spacial score (nSPS) is 15.2. The molecule has 1 aliphatic rings. The molecule has 1 aromatic heterocycles. The smallest absolute Gasteiger partial charge is 0.360 e. The summed E-state index contributed by atoms with van der Waals surface area (Å²) in [6.07, 6.45) is -0.833. The third kappa shape index (κ3) is 6.86. The maximum atomic E-state index is 11.9. The number of aromatic amines is 1. The molecule has 0 saturated heterocycles. The molecule has 212 valence electrons. The largest absolute Gasteiger partial charge is 1.00 e. The Labute approximate surface area is 282 Å². The Morgan fingerprint density at radius 1 is 0.643 bits per heavy atom. The van der Waals surface area contributed by atoms with Crippen LogP contribution < -0.4 is 69.7 Å². The van der Waals surface area contributed by atoms with Gasteiger partial charge in [-0.05, 0) is 29.8 Å². The third-order valence-corrected chi connectivity index (χ3v) is 9.27. The number of fused-ring (bicyclic) bond motifs is 2. The first kappa shape index (κ1) is 34.9. The van der Waals surface area contributed by atoms with E-state index in [1.54, 1.807) is 0 Å². The Balaban J connectivity index is 0.00000242. The second-order valence-electron chi connectivity index (χ2n) is 8.49. The summed E-state index contributed by atoms with van der Waals surface area (Å²) in [5.74, 6) is 0.0565. The van der Waals surface area contributed by atoms with Gasteiger partial charge in [0.2, 0.25) is 0 Å². The number of hydrogen-bond acceptors (Lipinski definition) is 11. The molecule has 7 N–H and O–H groups in total. The van der Waals surface area contributed by atoms with Crippen molar-refractivity contribution in [1.82, 2.24) is 9.97 Å². The predicted molar refractivity (Wildman–Crippen MR) is 137 cm³/mol. The molecule has 0 aliphatic carbocycles. The fourth-order valence-electron chi connectivity index (χ4n) is 4.08. The average Bonchev–Trinajstić information content (AvgIpc) is 3.44. The zero-order chi connectivity index (χ0) is 29.4. The van der Waals surface area contributed by atoms with Gasteiger partial charge in [0.1, 0.15) is 27.3 Å². The fourth-order valence-corrected chi connectivity index (χ4v) is 6.68. The van der Waals surface area contributed by atoms with Gasteiger partial charge in [0.25, 0.3) is 40.5 Å². The molecule has 16 nitrogen and oxygen atoms in total. The van der Waals surface area contributed by atoms with Crippen molar-refractivity contribution in [3.8, 4) is 11.4 Å². The number of nitrogens with one attached hydrogen (secondary N) is 3. The fraction of sp³-hybridized carbons (Fsp3) is 0.0500. The Kier molecular flexibility index (Phi) is 9.71. The van der Waals surface area contributed by atoms with Gasteiger partial charge in [0.05, 0.1) is 26.7 Å². The minimum absolute atomic E-state index is 0. The van der Waals surface area contributed by atoms with E-state index < -0.39 is 66.2 Å². The summed E-state index contributed by atoms with van der Waals surface area (Å²) in [4.78, 5) is 3.64. The summed E-state index contributed by atoms with van der Waals surface area (Å²) in [6, 6.07) is 9.13. The van der Waals surface area contributed by atoms with E-state index in [-0.39, 0.29) is 87.3 Å². The first-order valence-corrected chi connectivity index (χ1v) is 16.3. The van der Waals surface area contributed by atoms with Crippen molar-refractivity contribution in [3.63, 3.8) is 0 Å². The van der Waals surface area contributed by atoms with Crippen molar-refractivity contribution in [2.24, 2.45) is 0 Å². The summed E-state index contributed by atoms with van der Waals surface area (Å²) in [7, 11) is -19.5. The number of aromatic nitrogens is 2. The minimum atomic E-state index is -4.94. The molecule has 0 bridgehead atoms. The minimum Gasteiger partial charge on any atom is -0.360 e. The van der Waals surface area contributed by atoms with E-state index in [0.717, 1.165) is 12.1 Å². The van der Waals surface area contributed by atoms with E-state index >= 15 is 0 Å².